The minimum atomic E-state index is -0.0792. The summed E-state index contributed by atoms with van der Waals surface area (Å²) >= 11 is 1.58. The summed E-state index contributed by atoms with van der Waals surface area (Å²) in [6.45, 7) is 7.35. The number of hydrogen-bond donors (Lipinski definition) is 1. The van der Waals surface area contributed by atoms with Crippen LogP contribution >= 0.6 is 11.3 Å². The van der Waals surface area contributed by atoms with Gasteiger partial charge in [-0.3, -0.25) is 4.79 Å². The lowest BCUT2D eigenvalue weighted by atomic mass is 10.2. The molecular formula is C13H18N4OS. The first-order chi connectivity index (χ1) is 9.06. The fourth-order valence-electron chi connectivity index (χ4n) is 1.75. The molecule has 0 atom stereocenters. The van der Waals surface area contributed by atoms with E-state index in [9.17, 15) is 4.79 Å². The summed E-state index contributed by atoms with van der Waals surface area (Å²) in [6, 6.07) is 0. The zero-order chi connectivity index (χ0) is 13.8. The van der Waals surface area contributed by atoms with Gasteiger partial charge in [-0.15, -0.1) is 11.3 Å². The monoisotopic (exact) mass is 278 g/mol. The highest BCUT2D eigenvalue weighted by Gasteiger charge is 2.06. The number of hydrogen-bond acceptors (Lipinski definition) is 5. The Kier molecular flexibility index (Phi) is 4.31. The third-order valence-electron chi connectivity index (χ3n) is 2.55. The largest absolute Gasteiger partial charge is 0.359 e. The van der Waals surface area contributed by atoms with Crippen LogP contribution in [0.25, 0.3) is 0 Å². The van der Waals surface area contributed by atoms with Gasteiger partial charge in [0.25, 0.3) is 5.56 Å². The van der Waals surface area contributed by atoms with Crippen molar-refractivity contribution in [3.05, 3.63) is 38.8 Å². The summed E-state index contributed by atoms with van der Waals surface area (Å²) in [4.78, 5) is 20.6. The van der Waals surface area contributed by atoms with Gasteiger partial charge in [0.1, 0.15) is 5.01 Å². The van der Waals surface area contributed by atoms with Gasteiger partial charge in [0.15, 0.2) is 5.82 Å². The van der Waals surface area contributed by atoms with Crippen LogP contribution in [-0.2, 0) is 13.1 Å². The van der Waals surface area contributed by atoms with Crippen LogP contribution in [0.5, 0.6) is 0 Å². The fraction of sp³-hybridized carbons (Fsp3) is 0.462. The Morgan fingerprint density at radius 2 is 2.26 bits per heavy atom. The molecule has 0 saturated carbocycles. The Morgan fingerprint density at radius 3 is 2.89 bits per heavy atom. The van der Waals surface area contributed by atoms with Crippen LogP contribution in [0.1, 0.15) is 24.5 Å². The van der Waals surface area contributed by atoms with Crippen molar-refractivity contribution in [2.75, 3.05) is 5.32 Å². The lowest BCUT2D eigenvalue weighted by Gasteiger charge is -2.10. The first-order valence-electron chi connectivity index (χ1n) is 6.26. The topological polar surface area (TPSA) is 59.8 Å². The minimum absolute atomic E-state index is 0.0792. The van der Waals surface area contributed by atoms with Crippen LogP contribution in [-0.4, -0.2) is 14.5 Å². The van der Waals surface area contributed by atoms with Crippen LogP contribution in [0.3, 0.4) is 0 Å². The minimum Gasteiger partial charge on any atom is -0.359 e. The van der Waals surface area contributed by atoms with E-state index >= 15 is 0 Å². The Hall–Kier alpha value is -1.69. The number of rotatable bonds is 5. The molecule has 2 heterocycles. The van der Waals surface area contributed by atoms with Gasteiger partial charge in [-0.05, 0) is 12.8 Å². The standard InChI is InChI=1S/C13H18N4OS/c1-9(2)7-17-5-4-14-12(13(17)18)15-6-11-16-10(3)8-19-11/h4-5,8-9H,6-7H2,1-3H3,(H,14,15). The molecule has 19 heavy (non-hydrogen) atoms. The van der Waals surface area contributed by atoms with Gasteiger partial charge in [0, 0.05) is 30.0 Å². The van der Waals surface area contributed by atoms with E-state index in [4.69, 9.17) is 0 Å². The second-order valence-corrected chi connectivity index (χ2v) is 5.81. The molecule has 0 bridgehead atoms. The highest BCUT2D eigenvalue weighted by Crippen LogP contribution is 2.09. The second kappa shape index (κ2) is 5.97. The van der Waals surface area contributed by atoms with Gasteiger partial charge < -0.3 is 9.88 Å². The third kappa shape index (κ3) is 3.64. The van der Waals surface area contributed by atoms with Crippen molar-refractivity contribution in [3.8, 4) is 0 Å². The van der Waals surface area contributed by atoms with Gasteiger partial charge in [-0.1, -0.05) is 13.8 Å². The number of nitrogens with zero attached hydrogens (tertiary/aromatic N) is 3. The molecule has 0 amide bonds. The van der Waals surface area contributed by atoms with Crippen LogP contribution in [0.2, 0.25) is 0 Å². The zero-order valence-corrected chi connectivity index (χ0v) is 12.2. The van der Waals surface area contributed by atoms with Crippen molar-refractivity contribution < 1.29 is 0 Å². The van der Waals surface area contributed by atoms with Gasteiger partial charge in [-0.2, -0.15) is 0 Å². The fourth-order valence-corrected chi connectivity index (χ4v) is 2.46. The smallest absolute Gasteiger partial charge is 0.293 e. The Balaban J connectivity index is 2.10. The number of nitrogens with one attached hydrogen (secondary N) is 1. The van der Waals surface area contributed by atoms with E-state index in [2.05, 4.69) is 29.1 Å². The summed E-state index contributed by atoms with van der Waals surface area (Å²) in [6.07, 6.45) is 3.38. The van der Waals surface area contributed by atoms with Gasteiger partial charge >= 0.3 is 0 Å². The third-order valence-corrected chi connectivity index (χ3v) is 3.52. The van der Waals surface area contributed by atoms with Crippen molar-refractivity contribution in [2.45, 2.75) is 33.9 Å². The average Bonchev–Trinajstić information content (AvgIpc) is 2.76. The molecule has 5 nitrogen and oxygen atoms in total. The number of aryl methyl sites for hydroxylation is 1. The lowest BCUT2D eigenvalue weighted by Crippen LogP contribution is -2.25. The number of anilines is 1. The van der Waals surface area contributed by atoms with Gasteiger partial charge in [0.05, 0.1) is 6.54 Å². The van der Waals surface area contributed by atoms with E-state index in [1.54, 1.807) is 28.3 Å². The number of aromatic nitrogens is 3. The molecule has 6 heteroatoms. The van der Waals surface area contributed by atoms with Gasteiger partial charge in [-0.25, -0.2) is 9.97 Å². The number of thiazole rings is 1. The molecule has 1 N–H and O–H groups in total. The van der Waals surface area contributed by atoms with Crippen LogP contribution in [0.15, 0.2) is 22.6 Å². The first kappa shape index (κ1) is 13.7. The first-order valence-corrected chi connectivity index (χ1v) is 7.14. The Labute approximate surface area is 116 Å². The second-order valence-electron chi connectivity index (χ2n) is 4.86. The lowest BCUT2D eigenvalue weighted by molar-refractivity contribution is 0.509. The maximum Gasteiger partial charge on any atom is 0.293 e. The van der Waals surface area contributed by atoms with Crippen LogP contribution < -0.4 is 10.9 Å². The van der Waals surface area contributed by atoms with Crippen molar-refractivity contribution in [2.24, 2.45) is 5.92 Å². The van der Waals surface area contributed by atoms with E-state index in [1.807, 2.05) is 12.3 Å². The van der Waals surface area contributed by atoms with Crippen molar-refractivity contribution in [1.29, 1.82) is 0 Å². The van der Waals surface area contributed by atoms with E-state index < -0.39 is 0 Å². The summed E-state index contributed by atoms with van der Waals surface area (Å²) in [5.74, 6) is 0.811. The molecule has 0 radical (unpaired) electrons. The van der Waals surface area contributed by atoms with Crippen molar-refractivity contribution in [3.63, 3.8) is 0 Å². The summed E-state index contributed by atoms with van der Waals surface area (Å²) < 4.78 is 1.69. The SMILES string of the molecule is Cc1csc(CNc2nccn(CC(C)C)c2=O)n1. The molecular weight excluding hydrogens is 260 g/mol. The summed E-state index contributed by atoms with van der Waals surface area (Å²) in [7, 11) is 0. The molecule has 0 aliphatic carbocycles. The molecule has 0 spiro atoms. The molecule has 102 valence electrons. The van der Waals surface area contributed by atoms with E-state index in [0.29, 0.717) is 24.8 Å². The molecule has 2 rings (SSSR count). The summed E-state index contributed by atoms with van der Waals surface area (Å²) in [5, 5.41) is 6.01. The molecule has 0 unspecified atom stereocenters. The van der Waals surface area contributed by atoms with Crippen molar-refractivity contribution in [1.82, 2.24) is 14.5 Å². The van der Waals surface area contributed by atoms with Crippen LogP contribution in [0, 0.1) is 12.8 Å². The van der Waals surface area contributed by atoms with Crippen LogP contribution in [0.4, 0.5) is 5.82 Å². The Morgan fingerprint density at radius 1 is 1.47 bits per heavy atom. The maximum absolute atomic E-state index is 12.2. The molecule has 0 aliphatic heterocycles. The maximum atomic E-state index is 12.2. The normalized spacial score (nSPS) is 10.9. The predicted octanol–water partition coefficient (Wildman–Crippen LogP) is 2.28. The van der Waals surface area contributed by atoms with E-state index in [1.165, 1.54) is 0 Å². The molecule has 0 aromatic carbocycles. The van der Waals surface area contributed by atoms with E-state index in [-0.39, 0.29) is 5.56 Å². The molecule has 0 saturated heterocycles. The zero-order valence-electron chi connectivity index (χ0n) is 11.4. The highest BCUT2D eigenvalue weighted by molar-refractivity contribution is 7.09. The van der Waals surface area contributed by atoms with E-state index in [0.717, 1.165) is 10.7 Å². The molecule has 2 aromatic rings. The Bertz CT molecular complexity index is 603. The average molecular weight is 278 g/mol. The van der Waals surface area contributed by atoms with Gasteiger partial charge in [0.2, 0.25) is 0 Å². The van der Waals surface area contributed by atoms with Crippen molar-refractivity contribution >= 4 is 17.2 Å². The summed E-state index contributed by atoms with van der Waals surface area (Å²) in [5.41, 5.74) is 0.921. The molecule has 2 aromatic heterocycles. The molecule has 0 fully saturated rings. The molecule has 0 aliphatic rings. The predicted molar refractivity (Wildman–Crippen MR) is 77.5 cm³/mol. The quantitative estimate of drug-likeness (QED) is 0.911. The highest BCUT2D eigenvalue weighted by atomic mass is 32.1.